The number of benzene rings is 1. The molecule has 1 aromatic carbocycles. The molecule has 0 aliphatic heterocycles. The quantitative estimate of drug-likeness (QED) is 0.596. The molecule has 1 aromatic rings. The Kier molecular flexibility index (Phi) is 4.05. The average Bonchev–Trinajstić information content (AvgIpc) is 2.28. The molecule has 0 fully saturated rings. The summed E-state index contributed by atoms with van der Waals surface area (Å²) in [5, 5.41) is 0. The van der Waals surface area contributed by atoms with Gasteiger partial charge in [0.2, 0.25) is 0 Å². The second kappa shape index (κ2) is 5.13. The summed E-state index contributed by atoms with van der Waals surface area (Å²) in [6.07, 6.45) is 0.632. The minimum Gasteiger partial charge on any atom is -0.389 e. The first-order valence-corrected chi connectivity index (χ1v) is 5.70. The monoisotopic (exact) mass is 234 g/mol. The van der Waals surface area contributed by atoms with Gasteiger partial charge in [0.1, 0.15) is 0 Å². The van der Waals surface area contributed by atoms with E-state index in [-0.39, 0.29) is 0 Å². The lowest BCUT2D eigenvalue weighted by Crippen LogP contribution is -2.28. The molecule has 0 aromatic heterocycles. The van der Waals surface area contributed by atoms with E-state index in [0.29, 0.717) is 12.0 Å². The molecule has 0 unspecified atom stereocenters. The topological polar surface area (TPSA) is 43.4 Å². The third-order valence-corrected chi connectivity index (χ3v) is 2.88. The Balaban J connectivity index is 2.77. The van der Waals surface area contributed by atoms with Crippen molar-refractivity contribution in [2.24, 2.45) is 5.41 Å². The van der Waals surface area contributed by atoms with Crippen molar-refractivity contribution in [1.82, 2.24) is 0 Å². The fourth-order valence-corrected chi connectivity index (χ4v) is 1.20. The van der Waals surface area contributed by atoms with Gasteiger partial charge in [0.15, 0.2) is 0 Å². The van der Waals surface area contributed by atoms with Crippen molar-refractivity contribution >= 4 is 11.9 Å². The third-order valence-electron chi connectivity index (χ3n) is 2.88. The van der Waals surface area contributed by atoms with E-state index in [1.807, 2.05) is 19.9 Å². The van der Waals surface area contributed by atoms with Crippen LogP contribution >= 0.6 is 0 Å². The van der Waals surface area contributed by atoms with Gasteiger partial charge in [-0.15, -0.1) is 0 Å². The first-order valence-electron chi connectivity index (χ1n) is 5.70. The van der Waals surface area contributed by atoms with Crippen molar-refractivity contribution in [1.29, 1.82) is 0 Å². The van der Waals surface area contributed by atoms with Gasteiger partial charge in [-0.2, -0.15) is 0 Å². The lowest BCUT2D eigenvalue weighted by molar-refractivity contribution is -0.147. The highest BCUT2D eigenvalue weighted by atomic mass is 16.6. The molecule has 0 heterocycles. The molecule has 0 N–H and O–H groups in total. The van der Waals surface area contributed by atoms with Gasteiger partial charge < -0.3 is 4.74 Å². The van der Waals surface area contributed by atoms with Crippen LogP contribution in [0.5, 0.6) is 0 Å². The fourth-order valence-electron chi connectivity index (χ4n) is 1.20. The Morgan fingerprint density at radius 1 is 1.29 bits per heavy atom. The van der Waals surface area contributed by atoms with E-state index >= 15 is 0 Å². The van der Waals surface area contributed by atoms with Gasteiger partial charge in [-0.3, -0.25) is 4.79 Å². The normalized spacial score (nSPS) is 11.1. The van der Waals surface area contributed by atoms with Crippen LogP contribution in [-0.4, -0.2) is 11.9 Å². The maximum Gasteiger partial charge on any atom is 0.345 e. The molecule has 0 atom stereocenters. The van der Waals surface area contributed by atoms with E-state index in [2.05, 4.69) is 0 Å². The van der Waals surface area contributed by atoms with Gasteiger partial charge >= 0.3 is 11.9 Å². The molecule has 0 radical (unpaired) electrons. The van der Waals surface area contributed by atoms with Crippen molar-refractivity contribution < 1.29 is 14.3 Å². The molecule has 17 heavy (non-hydrogen) atoms. The summed E-state index contributed by atoms with van der Waals surface area (Å²) in [6, 6.07) is 6.99. The van der Waals surface area contributed by atoms with Crippen LogP contribution in [0.2, 0.25) is 0 Å². The van der Waals surface area contributed by atoms with Crippen LogP contribution in [0.3, 0.4) is 0 Å². The lowest BCUT2D eigenvalue weighted by Gasteiger charge is -2.19. The third kappa shape index (κ3) is 3.41. The molecule has 3 nitrogen and oxygen atoms in total. The number of hydrogen-bond donors (Lipinski definition) is 0. The van der Waals surface area contributed by atoms with Crippen molar-refractivity contribution in [3.63, 3.8) is 0 Å². The lowest BCUT2D eigenvalue weighted by atomic mass is 9.91. The summed E-state index contributed by atoms with van der Waals surface area (Å²) in [5.74, 6) is -1.06. The zero-order valence-corrected chi connectivity index (χ0v) is 10.7. The van der Waals surface area contributed by atoms with Crippen molar-refractivity contribution in [3.05, 3.63) is 35.4 Å². The molecular weight excluding hydrogens is 216 g/mol. The van der Waals surface area contributed by atoms with E-state index in [0.717, 1.165) is 5.56 Å². The van der Waals surface area contributed by atoms with Gasteiger partial charge in [0.25, 0.3) is 0 Å². The highest BCUT2D eigenvalue weighted by Crippen LogP contribution is 2.22. The summed E-state index contributed by atoms with van der Waals surface area (Å²) in [5.41, 5.74) is 0.742. The second-order valence-electron chi connectivity index (χ2n) is 4.78. The predicted molar refractivity (Wildman–Crippen MR) is 65.7 cm³/mol. The largest absolute Gasteiger partial charge is 0.389 e. The van der Waals surface area contributed by atoms with Gasteiger partial charge in [-0.1, -0.05) is 24.6 Å². The van der Waals surface area contributed by atoms with Crippen LogP contribution in [0.15, 0.2) is 24.3 Å². The van der Waals surface area contributed by atoms with E-state index in [9.17, 15) is 9.59 Å². The second-order valence-corrected chi connectivity index (χ2v) is 4.78. The Hall–Kier alpha value is -1.64. The SMILES string of the molecule is CCC(C)(C)C(=O)OC(=O)c1cccc(C)c1. The van der Waals surface area contributed by atoms with Gasteiger partial charge in [0.05, 0.1) is 11.0 Å². The van der Waals surface area contributed by atoms with Crippen LogP contribution in [-0.2, 0) is 9.53 Å². The first kappa shape index (κ1) is 13.4. The maximum atomic E-state index is 11.7. The Labute approximate surface area is 102 Å². The minimum absolute atomic E-state index is 0.408. The number of esters is 2. The van der Waals surface area contributed by atoms with Crippen LogP contribution in [0.25, 0.3) is 0 Å². The Morgan fingerprint density at radius 3 is 2.47 bits per heavy atom. The Bertz CT molecular complexity index is 433. The van der Waals surface area contributed by atoms with Gasteiger partial charge in [-0.05, 0) is 39.3 Å². The minimum atomic E-state index is -0.626. The van der Waals surface area contributed by atoms with E-state index in [1.165, 1.54) is 0 Å². The van der Waals surface area contributed by atoms with E-state index in [1.54, 1.807) is 32.0 Å². The fraction of sp³-hybridized carbons (Fsp3) is 0.429. The predicted octanol–water partition coefficient (Wildman–Crippen LogP) is 3.11. The highest BCUT2D eigenvalue weighted by Gasteiger charge is 2.29. The van der Waals surface area contributed by atoms with Crippen molar-refractivity contribution in [2.75, 3.05) is 0 Å². The zero-order chi connectivity index (χ0) is 13.1. The molecule has 1 rings (SSSR count). The van der Waals surface area contributed by atoms with Crippen LogP contribution in [0, 0.1) is 12.3 Å². The number of carbonyl (C=O) groups excluding carboxylic acids is 2. The summed E-state index contributed by atoms with van der Waals surface area (Å²) in [6.45, 7) is 7.30. The van der Waals surface area contributed by atoms with Gasteiger partial charge in [0, 0.05) is 0 Å². The number of carbonyl (C=O) groups is 2. The van der Waals surface area contributed by atoms with E-state index in [4.69, 9.17) is 4.74 Å². The number of aryl methyl sites for hydroxylation is 1. The molecule has 92 valence electrons. The molecule has 0 aliphatic rings. The standard InChI is InChI=1S/C14H18O3/c1-5-14(3,4)13(16)17-12(15)11-8-6-7-10(2)9-11/h6-9H,5H2,1-4H3. The van der Waals surface area contributed by atoms with Crippen molar-refractivity contribution in [2.45, 2.75) is 34.1 Å². The summed E-state index contributed by atoms with van der Waals surface area (Å²) < 4.78 is 4.87. The zero-order valence-electron chi connectivity index (χ0n) is 10.7. The first-order chi connectivity index (χ1) is 7.86. The number of rotatable bonds is 3. The van der Waals surface area contributed by atoms with E-state index < -0.39 is 17.4 Å². The van der Waals surface area contributed by atoms with Crippen LogP contribution in [0.1, 0.15) is 43.1 Å². The van der Waals surface area contributed by atoms with Crippen LogP contribution in [0.4, 0.5) is 0 Å². The molecule has 0 spiro atoms. The van der Waals surface area contributed by atoms with Crippen molar-refractivity contribution in [3.8, 4) is 0 Å². The molecule has 3 heteroatoms. The molecule has 0 saturated carbocycles. The molecular formula is C14H18O3. The summed E-state index contributed by atoms with van der Waals surface area (Å²) >= 11 is 0. The van der Waals surface area contributed by atoms with Gasteiger partial charge in [-0.25, -0.2) is 4.79 Å². The average molecular weight is 234 g/mol. The molecule has 0 amide bonds. The summed E-state index contributed by atoms with van der Waals surface area (Å²) in [7, 11) is 0. The molecule has 0 aliphatic carbocycles. The summed E-state index contributed by atoms with van der Waals surface area (Å²) in [4.78, 5) is 23.4. The van der Waals surface area contributed by atoms with Crippen LogP contribution < -0.4 is 0 Å². The number of ether oxygens (including phenoxy) is 1. The molecule has 0 bridgehead atoms. The smallest absolute Gasteiger partial charge is 0.345 e. The number of hydrogen-bond acceptors (Lipinski definition) is 3. The molecule has 0 saturated heterocycles. The maximum absolute atomic E-state index is 11.7. The Morgan fingerprint density at radius 2 is 1.94 bits per heavy atom. The highest BCUT2D eigenvalue weighted by molar-refractivity contribution is 5.98.